The van der Waals surface area contributed by atoms with Gasteiger partial charge >= 0.3 is 0 Å². The second-order valence-corrected chi connectivity index (χ2v) is 6.06. The molecule has 2 aromatic heterocycles. The minimum Gasteiger partial charge on any atom is -0.469 e. The van der Waals surface area contributed by atoms with E-state index >= 15 is 0 Å². The second-order valence-electron chi connectivity index (χ2n) is 5.14. The van der Waals surface area contributed by atoms with Gasteiger partial charge in [-0.2, -0.15) is 0 Å². The van der Waals surface area contributed by atoms with E-state index in [9.17, 15) is 0 Å². The SMILES string of the molecule is COCCNC(=NCC(C)c1nccs1)NCCc1ccco1. The number of aliphatic imine (C=N–C) groups is 1. The van der Waals surface area contributed by atoms with E-state index in [1.807, 2.05) is 23.7 Å². The van der Waals surface area contributed by atoms with Gasteiger partial charge in [0.05, 0.1) is 24.4 Å². The van der Waals surface area contributed by atoms with Crippen molar-refractivity contribution in [1.29, 1.82) is 0 Å². The summed E-state index contributed by atoms with van der Waals surface area (Å²) in [4.78, 5) is 8.99. The lowest BCUT2D eigenvalue weighted by Gasteiger charge is -2.13. The standard InChI is InChI=1S/C16H24N4O2S/c1-13(15-17-8-11-23-15)12-20-16(19-7-10-21-2)18-6-5-14-4-3-9-22-14/h3-4,8-9,11,13H,5-7,10,12H2,1-2H3,(H2,18,19,20). The van der Waals surface area contributed by atoms with Crippen molar-refractivity contribution < 1.29 is 9.15 Å². The highest BCUT2D eigenvalue weighted by molar-refractivity contribution is 7.09. The molecule has 23 heavy (non-hydrogen) atoms. The Kier molecular flexibility index (Phi) is 7.62. The summed E-state index contributed by atoms with van der Waals surface area (Å²) >= 11 is 1.67. The molecule has 2 rings (SSSR count). The van der Waals surface area contributed by atoms with E-state index in [0.717, 1.165) is 29.7 Å². The third kappa shape index (κ3) is 6.42. The number of guanidine groups is 1. The third-order valence-electron chi connectivity index (χ3n) is 3.24. The van der Waals surface area contributed by atoms with Crippen molar-refractivity contribution in [2.24, 2.45) is 4.99 Å². The molecule has 1 atom stereocenters. The molecular weight excluding hydrogens is 312 g/mol. The van der Waals surface area contributed by atoms with Crippen molar-refractivity contribution in [1.82, 2.24) is 15.6 Å². The number of nitrogens with zero attached hydrogens (tertiary/aromatic N) is 2. The van der Waals surface area contributed by atoms with Crippen LogP contribution in [-0.4, -0.2) is 44.3 Å². The lowest BCUT2D eigenvalue weighted by atomic mass is 10.2. The van der Waals surface area contributed by atoms with Gasteiger partial charge in [0.15, 0.2) is 5.96 Å². The van der Waals surface area contributed by atoms with Crippen LogP contribution in [0.15, 0.2) is 39.4 Å². The zero-order valence-electron chi connectivity index (χ0n) is 13.6. The number of hydrogen-bond donors (Lipinski definition) is 2. The zero-order valence-corrected chi connectivity index (χ0v) is 14.4. The number of nitrogens with one attached hydrogen (secondary N) is 2. The number of hydrogen-bond acceptors (Lipinski definition) is 5. The molecule has 7 heteroatoms. The van der Waals surface area contributed by atoms with Crippen LogP contribution < -0.4 is 10.6 Å². The van der Waals surface area contributed by atoms with E-state index in [-0.39, 0.29) is 0 Å². The highest BCUT2D eigenvalue weighted by Gasteiger charge is 2.08. The van der Waals surface area contributed by atoms with Crippen LogP contribution in [0.25, 0.3) is 0 Å². The molecule has 0 saturated carbocycles. The normalized spacial score (nSPS) is 13.0. The molecule has 0 fully saturated rings. The number of ether oxygens (including phenoxy) is 1. The van der Waals surface area contributed by atoms with E-state index in [0.29, 0.717) is 25.6 Å². The van der Waals surface area contributed by atoms with Gasteiger partial charge in [-0.1, -0.05) is 6.92 Å². The van der Waals surface area contributed by atoms with Crippen molar-refractivity contribution in [3.8, 4) is 0 Å². The molecule has 0 aliphatic heterocycles. The lowest BCUT2D eigenvalue weighted by Crippen LogP contribution is -2.40. The van der Waals surface area contributed by atoms with E-state index in [2.05, 4.69) is 27.5 Å². The van der Waals surface area contributed by atoms with Gasteiger partial charge in [-0.05, 0) is 12.1 Å². The molecule has 0 aliphatic rings. The van der Waals surface area contributed by atoms with Crippen LogP contribution in [0, 0.1) is 0 Å². The fraction of sp³-hybridized carbons (Fsp3) is 0.500. The average Bonchev–Trinajstić information content (AvgIpc) is 3.25. The number of thiazole rings is 1. The Morgan fingerprint density at radius 3 is 3.00 bits per heavy atom. The first-order valence-electron chi connectivity index (χ1n) is 7.72. The van der Waals surface area contributed by atoms with Gasteiger partial charge in [0.1, 0.15) is 5.76 Å². The predicted molar refractivity (Wildman–Crippen MR) is 93.1 cm³/mol. The van der Waals surface area contributed by atoms with Crippen LogP contribution in [-0.2, 0) is 11.2 Å². The summed E-state index contributed by atoms with van der Waals surface area (Å²) in [7, 11) is 1.69. The summed E-state index contributed by atoms with van der Waals surface area (Å²) < 4.78 is 10.4. The van der Waals surface area contributed by atoms with Gasteiger partial charge < -0.3 is 19.8 Å². The van der Waals surface area contributed by atoms with E-state index < -0.39 is 0 Å². The Morgan fingerprint density at radius 1 is 1.43 bits per heavy atom. The monoisotopic (exact) mass is 336 g/mol. The molecule has 0 bridgehead atoms. The lowest BCUT2D eigenvalue weighted by molar-refractivity contribution is 0.203. The third-order valence-corrected chi connectivity index (χ3v) is 4.25. The van der Waals surface area contributed by atoms with Crippen LogP contribution >= 0.6 is 11.3 Å². The molecule has 126 valence electrons. The number of methoxy groups -OCH3 is 1. The maximum absolute atomic E-state index is 5.33. The highest BCUT2D eigenvalue weighted by atomic mass is 32.1. The summed E-state index contributed by atoms with van der Waals surface area (Å²) in [5.41, 5.74) is 0. The minimum absolute atomic E-state index is 0.307. The van der Waals surface area contributed by atoms with Gasteiger partial charge in [-0.15, -0.1) is 11.3 Å². The number of rotatable bonds is 9. The number of aromatic nitrogens is 1. The maximum atomic E-state index is 5.33. The topological polar surface area (TPSA) is 71.7 Å². The van der Waals surface area contributed by atoms with Crippen molar-refractivity contribution in [2.45, 2.75) is 19.3 Å². The Labute approximate surface area is 141 Å². The summed E-state index contributed by atoms with van der Waals surface area (Å²) in [5, 5.41) is 9.70. The summed E-state index contributed by atoms with van der Waals surface area (Å²) in [5.74, 6) is 2.06. The molecule has 0 spiro atoms. The molecule has 0 aliphatic carbocycles. The van der Waals surface area contributed by atoms with E-state index in [4.69, 9.17) is 9.15 Å². The van der Waals surface area contributed by atoms with Crippen LogP contribution in [0.5, 0.6) is 0 Å². The van der Waals surface area contributed by atoms with Crippen LogP contribution in [0.1, 0.15) is 23.6 Å². The first-order valence-corrected chi connectivity index (χ1v) is 8.60. The van der Waals surface area contributed by atoms with Crippen molar-refractivity contribution in [3.63, 3.8) is 0 Å². The fourth-order valence-corrected chi connectivity index (χ4v) is 2.68. The summed E-state index contributed by atoms with van der Waals surface area (Å²) in [6, 6.07) is 3.87. The van der Waals surface area contributed by atoms with Gasteiger partial charge in [0, 0.05) is 44.1 Å². The molecule has 0 aromatic carbocycles. The molecule has 1 unspecified atom stereocenters. The van der Waals surface area contributed by atoms with Gasteiger partial charge in [0.25, 0.3) is 0 Å². The fourth-order valence-electron chi connectivity index (χ4n) is 1.99. The minimum atomic E-state index is 0.307. The average molecular weight is 336 g/mol. The van der Waals surface area contributed by atoms with E-state index in [1.165, 1.54) is 0 Å². The summed E-state index contributed by atoms with van der Waals surface area (Å²) in [6.07, 6.45) is 4.34. The Hall–Kier alpha value is -1.86. The van der Waals surface area contributed by atoms with Crippen LogP contribution in [0.3, 0.4) is 0 Å². The Bertz CT molecular complexity index is 555. The first-order chi connectivity index (χ1) is 11.3. The Balaban J connectivity index is 1.82. The molecule has 2 N–H and O–H groups in total. The molecule has 2 heterocycles. The molecule has 0 radical (unpaired) electrons. The Morgan fingerprint density at radius 2 is 2.30 bits per heavy atom. The first kappa shape index (κ1) is 17.5. The largest absolute Gasteiger partial charge is 0.469 e. The van der Waals surface area contributed by atoms with Crippen molar-refractivity contribution in [3.05, 3.63) is 40.7 Å². The molecular formula is C16H24N4O2S. The number of furan rings is 1. The quantitative estimate of drug-likeness (QED) is 0.417. The van der Waals surface area contributed by atoms with E-state index in [1.54, 1.807) is 24.7 Å². The zero-order chi connectivity index (χ0) is 16.3. The van der Waals surface area contributed by atoms with Crippen molar-refractivity contribution in [2.75, 3.05) is 33.4 Å². The molecule has 0 saturated heterocycles. The highest BCUT2D eigenvalue weighted by Crippen LogP contribution is 2.17. The maximum Gasteiger partial charge on any atom is 0.191 e. The smallest absolute Gasteiger partial charge is 0.191 e. The van der Waals surface area contributed by atoms with Gasteiger partial charge in [-0.3, -0.25) is 4.99 Å². The molecule has 6 nitrogen and oxygen atoms in total. The van der Waals surface area contributed by atoms with Crippen molar-refractivity contribution >= 4 is 17.3 Å². The predicted octanol–water partition coefficient (Wildman–Crippen LogP) is 2.26. The van der Waals surface area contributed by atoms with Gasteiger partial charge in [-0.25, -0.2) is 4.98 Å². The second kappa shape index (κ2) is 10.0. The molecule has 2 aromatic rings. The van der Waals surface area contributed by atoms with Gasteiger partial charge in [0.2, 0.25) is 0 Å². The van der Waals surface area contributed by atoms with Crippen LogP contribution in [0.4, 0.5) is 0 Å². The summed E-state index contributed by atoms with van der Waals surface area (Å²) in [6.45, 7) is 4.95. The van der Waals surface area contributed by atoms with Crippen LogP contribution in [0.2, 0.25) is 0 Å². The molecule has 0 amide bonds.